The number of ether oxygens (including phenoxy) is 4. The molecule has 3 rings (SSSR count). The van der Waals surface area contributed by atoms with Gasteiger partial charge in [0.2, 0.25) is 10.7 Å². The Kier molecular flexibility index (Phi) is 9.80. The smallest absolute Gasteiger partial charge is 0.303 e. The molecule has 1 aromatic carbocycles. The number of amides is 1. The van der Waals surface area contributed by atoms with Gasteiger partial charge in [0.15, 0.2) is 24.3 Å². The third-order valence-corrected chi connectivity index (χ3v) is 6.41. The van der Waals surface area contributed by atoms with Crippen LogP contribution in [0.25, 0.3) is 11.4 Å². The minimum atomic E-state index is -1.29. The number of halogens is 2. The van der Waals surface area contributed by atoms with Crippen LogP contribution in [0.1, 0.15) is 40.8 Å². The van der Waals surface area contributed by atoms with E-state index in [0.29, 0.717) is 17.9 Å². The number of esters is 3. The van der Waals surface area contributed by atoms with Gasteiger partial charge in [-0.1, -0.05) is 11.6 Å². The van der Waals surface area contributed by atoms with Crippen LogP contribution >= 0.6 is 23.8 Å². The Morgan fingerprint density at radius 3 is 2.28 bits per heavy atom. The number of aromatic nitrogens is 3. The first kappa shape index (κ1) is 30.2. The second-order valence-electron chi connectivity index (χ2n) is 8.67. The van der Waals surface area contributed by atoms with Gasteiger partial charge in [-0.2, -0.15) is 0 Å². The van der Waals surface area contributed by atoms with Crippen molar-refractivity contribution in [3.8, 4) is 11.4 Å². The van der Waals surface area contributed by atoms with Crippen LogP contribution in [0.4, 0.5) is 4.39 Å². The van der Waals surface area contributed by atoms with E-state index >= 15 is 0 Å². The van der Waals surface area contributed by atoms with Gasteiger partial charge in [-0.3, -0.25) is 19.2 Å². The Morgan fingerprint density at radius 1 is 1.10 bits per heavy atom. The zero-order valence-electron chi connectivity index (χ0n) is 21.8. The van der Waals surface area contributed by atoms with E-state index in [2.05, 4.69) is 10.4 Å². The molecule has 1 fully saturated rings. The van der Waals surface area contributed by atoms with Gasteiger partial charge in [0.05, 0.1) is 5.02 Å². The summed E-state index contributed by atoms with van der Waals surface area (Å²) in [5.41, 5.74) is 0.450. The normalized spacial score (nSPS) is 22.6. The quantitative estimate of drug-likeness (QED) is 0.279. The van der Waals surface area contributed by atoms with Crippen LogP contribution in [0, 0.1) is 10.6 Å². The summed E-state index contributed by atoms with van der Waals surface area (Å²) in [4.78, 5) is 47.9. The molecule has 2 aromatic rings. The van der Waals surface area contributed by atoms with Crippen LogP contribution < -0.4 is 5.32 Å². The fraction of sp³-hybridized carbons (Fsp3) is 0.500. The maximum absolute atomic E-state index is 13.8. The van der Waals surface area contributed by atoms with Gasteiger partial charge >= 0.3 is 17.9 Å². The summed E-state index contributed by atoms with van der Waals surface area (Å²) in [6.45, 7) is 6.50. The van der Waals surface area contributed by atoms with E-state index in [4.69, 9.17) is 42.8 Å². The molecule has 0 saturated carbocycles. The van der Waals surface area contributed by atoms with Gasteiger partial charge in [-0.05, 0) is 37.3 Å². The summed E-state index contributed by atoms with van der Waals surface area (Å²) in [6.07, 6.45) is -4.92. The van der Waals surface area contributed by atoms with Crippen molar-refractivity contribution >= 4 is 47.6 Å². The fourth-order valence-electron chi connectivity index (χ4n) is 4.23. The third kappa shape index (κ3) is 6.99. The van der Waals surface area contributed by atoms with E-state index in [0.717, 1.165) is 13.8 Å². The summed E-state index contributed by atoms with van der Waals surface area (Å²) >= 11 is 11.7. The van der Waals surface area contributed by atoms with Gasteiger partial charge in [0.25, 0.3) is 0 Å². The minimum absolute atomic E-state index is 0.124. The maximum Gasteiger partial charge on any atom is 0.303 e. The number of hydrogen-bond acceptors (Lipinski definition) is 10. The standard InChI is InChI=1S/C24H28ClFN4O8S/c1-6-29-22(15-7-8-17(26)16(25)9-15)28-30(24(29)39)23-19(27-11(2)31)21(37-14(5)34)20(36-13(4)33)18(38-23)10-35-12(3)32/h7-9,18-21,23H,6,10H2,1-5H3,(H,27,31)/t18-,19-,20-,21-,23-/m1/s1. The molecule has 212 valence electrons. The molecule has 12 nitrogen and oxygen atoms in total. The average molecular weight is 587 g/mol. The van der Waals surface area contributed by atoms with E-state index in [1.165, 1.54) is 36.7 Å². The molecule has 1 aliphatic heterocycles. The number of nitrogens with one attached hydrogen (secondary N) is 1. The molecule has 1 amide bonds. The summed E-state index contributed by atoms with van der Waals surface area (Å²) in [7, 11) is 0. The molecule has 15 heteroatoms. The molecule has 1 N–H and O–H groups in total. The highest BCUT2D eigenvalue weighted by molar-refractivity contribution is 7.71. The van der Waals surface area contributed by atoms with Crippen LogP contribution in [0.15, 0.2) is 18.2 Å². The van der Waals surface area contributed by atoms with Crippen molar-refractivity contribution in [2.24, 2.45) is 0 Å². The van der Waals surface area contributed by atoms with Crippen molar-refractivity contribution in [2.45, 2.75) is 71.7 Å². The van der Waals surface area contributed by atoms with Gasteiger partial charge in [0, 0.05) is 39.8 Å². The van der Waals surface area contributed by atoms with E-state index in [1.54, 1.807) is 4.57 Å². The molecular formula is C24H28ClFN4O8S. The van der Waals surface area contributed by atoms with E-state index in [9.17, 15) is 23.6 Å². The van der Waals surface area contributed by atoms with Crippen LogP contribution in [-0.2, 0) is 44.7 Å². The lowest BCUT2D eigenvalue weighted by molar-refractivity contribution is -0.239. The highest BCUT2D eigenvalue weighted by atomic mass is 35.5. The molecular weight excluding hydrogens is 559 g/mol. The molecule has 5 atom stereocenters. The van der Waals surface area contributed by atoms with Gasteiger partial charge < -0.3 is 28.8 Å². The monoisotopic (exact) mass is 586 g/mol. The minimum Gasteiger partial charge on any atom is -0.463 e. The second-order valence-corrected chi connectivity index (χ2v) is 9.44. The van der Waals surface area contributed by atoms with Crippen molar-refractivity contribution in [1.82, 2.24) is 19.7 Å². The van der Waals surface area contributed by atoms with Gasteiger partial charge in [0.1, 0.15) is 24.6 Å². The summed E-state index contributed by atoms with van der Waals surface area (Å²) in [6, 6.07) is 2.90. The molecule has 39 heavy (non-hydrogen) atoms. The number of rotatable bonds is 8. The van der Waals surface area contributed by atoms with E-state index in [1.807, 2.05) is 6.92 Å². The Balaban J connectivity index is 2.20. The van der Waals surface area contributed by atoms with Gasteiger partial charge in [-0.15, -0.1) is 5.10 Å². The van der Waals surface area contributed by atoms with E-state index in [-0.39, 0.29) is 16.4 Å². The molecule has 0 spiro atoms. The number of carbonyl (C=O) groups excluding carboxylic acids is 4. The highest BCUT2D eigenvalue weighted by Gasteiger charge is 2.52. The highest BCUT2D eigenvalue weighted by Crippen LogP contribution is 2.34. The molecule has 0 bridgehead atoms. The number of benzene rings is 1. The van der Waals surface area contributed by atoms with Gasteiger partial charge in [-0.25, -0.2) is 9.07 Å². The molecule has 2 heterocycles. The summed E-state index contributed by atoms with van der Waals surface area (Å²) < 4.78 is 39.2. The SMILES string of the molecule is CCn1c(-c2ccc(F)c(Cl)c2)nn([C@@H]2O[C@H](COC(C)=O)[C@@H](OC(C)=O)[C@H](OC(C)=O)[C@H]2NC(C)=O)c1=S. The predicted molar refractivity (Wildman–Crippen MR) is 136 cm³/mol. The molecule has 0 radical (unpaired) electrons. The van der Waals surface area contributed by atoms with Crippen LogP contribution in [-0.4, -0.2) is 69.1 Å². The number of hydrogen-bond donors (Lipinski definition) is 1. The molecule has 1 saturated heterocycles. The van der Waals surface area contributed by atoms with Crippen molar-refractivity contribution in [3.63, 3.8) is 0 Å². The first-order valence-electron chi connectivity index (χ1n) is 11.9. The zero-order chi connectivity index (χ0) is 29.0. The maximum atomic E-state index is 13.8. The Hall–Kier alpha value is -3.36. The summed E-state index contributed by atoms with van der Waals surface area (Å²) in [5.74, 6) is -2.90. The van der Waals surface area contributed by atoms with Crippen molar-refractivity contribution in [3.05, 3.63) is 33.8 Å². The second kappa shape index (κ2) is 12.7. The fourth-order valence-corrected chi connectivity index (χ4v) is 4.77. The lowest BCUT2D eigenvalue weighted by atomic mass is 9.95. The molecule has 1 aliphatic rings. The third-order valence-electron chi connectivity index (χ3n) is 5.71. The Morgan fingerprint density at radius 2 is 1.74 bits per heavy atom. The van der Waals surface area contributed by atoms with Crippen LogP contribution in [0.5, 0.6) is 0 Å². The largest absolute Gasteiger partial charge is 0.463 e. The lowest BCUT2D eigenvalue weighted by Gasteiger charge is -2.45. The summed E-state index contributed by atoms with van der Waals surface area (Å²) in [5, 5.41) is 7.15. The topological polar surface area (TPSA) is 140 Å². The zero-order valence-corrected chi connectivity index (χ0v) is 23.4. The van der Waals surface area contributed by atoms with E-state index < -0.39 is 60.2 Å². The first-order chi connectivity index (χ1) is 18.3. The Bertz CT molecular complexity index is 1330. The number of nitrogens with zero attached hydrogens (tertiary/aromatic N) is 3. The predicted octanol–water partition coefficient (Wildman–Crippen LogP) is 2.72. The molecule has 0 unspecified atom stereocenters. The molecule has 0 aliphatic carbocycles. The van der Waals surface area contributed by atoms with Crippen molar-refractivity contribution in [1.29, 1.82) is 0 Å². The average Bonchev–Trinajstić information content (AvgIpc) is 3.17. The number of carbonyl (C=O) groups is 4. The first-order valence-corrected chi connectivity index (χ1v) is 12.7. The van der Waals surface area contributed by atoms with Crippen molar-refractivity contribution < 1.29 is 42.5 Å². The van der Waals surface area contributed by atoms with Crippen molar-refractivity contribution in [2.75, 3.05) is 6.61 Å². The molecule has 1 aromatic heterocycles. The lowest BCUT2D eigenvalue weighted by Crippen LogP contribution is -2.64. The van der Waals surface area contributed by atoms with Crippen LogP contribution in [0.2, 0.25) is 5.02 Å². The Labute approximate surface area is 233 Å². The van der Waals surface area contributed by atoms with Crippen LogP contribution in [0.3, 0.4) is 0 Å².